The lowest BCUT2D eigenvalue weighted by Crippen LogP contribution is -2.50. The number of hydrogen-bond acceptors (Lipinski definition) is 4. The number of carbonyl (C=O) groups excluding carboxylic acids is 4. The molecule has 4 rings (SSSR count). The van der Waals surface area contributed by atoms with E-state index >= 15 is 0 Å². The van der Waals surface area contributed by atoms with Crippen molar-refractivity contribution in [1.29, 1.82) is 0 Å². The first kappa shape index (κ1) is 21.7. The van der Waals surface area contributed by atoms with Crippen LogP contribution in [0, 0.1) is 0 Å². The van der Waals surface area contributed by atoms with Crippen molar-refractivity contribution < 1.29 is 19.2 Å². The van der Waals surface area contributed by atoms with Gasteiger partial charge in [0.1, 0.15) is 6.04 Å². The Morgan fingerprint density at radius 3 is 2.28 bits per heavy atom. The molecule has 1 atom stereocenters. The maximum absolute atomic E-state index is 13.4. The number of anilines is 2. The standard InChI is InChI=1S/C25H27N3O4/c1-17(29)26-19-11-13-21(14-12-19)28-24(31)16-22(25(28)32)27(20-9-5-6-10-20)23(30)15-18-7-3-2-4-8-18/h2-4,7-8,11-14,20,22H,5-6,9-10,15-16H2,1H3,(H,26,29). The summed E-state index contributed by atoms with van der Waals surface area (Å²) < 4.78 is 0. The number of nitrogens with one attached hydrogen (secondary N) is 1. The third-order valence-corrected chi connectivity index (χ3v) is 6.11. The van der Waals surface area contributed by atoms with E-state index in [0.29, 0.717) is 11.4 Å². The third kappa shape index (κ3) is 4.56. The largest absolute Gasteiger partial charge is 0.327 e. The Morgan fingerprint density at radius 2 is 1.66 bits per heavy atom. The van der Waals surface area contributed by atoms with Crippen molar-refractivity contribution in [2.24, 2.45) is 0 Å². The van der Waals surface area contributed by atoms with E-state index in [4.69, 9.17) is 0 Å². The molecule has 1 aliphatic heterocycles. The minimum Gasteiger partial charge on any atom is -0.327 e. The van der Waals surface area contributed by atoms with Gasteiger partial charge in [0.15, 0.2) is 0 Å². The van der Waals surface area contributed by atoms with Crippen LogP contribution in [0.25, 0.3) is 0 Å². The lowest BCUT2D eigenvalue weighted by molar-refractivity contribution is -0.140. The molecule has 4 amide bonds. The second-order valence-electron chi connectivity index (χ2n) is 8.42. The van der Waals surface area contributed by atoms with Gasteiger partial charge in [-0.2, -0.15) is 0 Å². The van der Waals surface area contributed by atoms with E-state index in [1.54, 1.807) is 29.2 Å². The number of benzene rings is 2. The highest BCUT2D eigenvalue weighted by molar-refractivity contribution is 6.23. The highest BCUT2D eigenvalue weighted by atomic mass is 16.2. The van der Waals surface area contributed by atoms with Crippen molar-refractivity contribution in [3.63, 3.8) is 0 Å². The first-order chi connectivity index (χ1) is 15.4. The Kier molecular flexibility index (Phi) is 6.35. The topological polar surface area (TPSA) is 86.8 Å². The minimum absolute atomic E-state index is 0.0106. The summed E-state index contributed by atoms with van der Waals surface area (Å²) >= 11 is 0. The van der Waals surface area contributed by atoms with Gasteiger partial charge >= 0.3 is 0 Å². The van der Waals surface area contributed by atoms with Crippen molar-refractivity contribution in [2.45, 2.75) is 57.5 Å². The molecule has 2 aromatic carbocycles. The molecule has 0 aromatic heterocycles. The highest BCUT2D eigenvalue weighted by Crippen LogP contribution is 2.32. The maximum Gasteiger partial charge on any atom is 0.257 e. The van der Waals surface area contributed by atoms with Gasteiger partial charge in [0.25, 0.3) is 5.91 Å². The molecular weight excluding hydrogens is 406 g/mol. The van der Waals surface area contributed by atoms with Crippen LogP contribution in [0.5, 0.6) is 0 Å². The van der Waals surface area contributed by atoms with Gasteiger partial charge in [-0.3, -0.25) is 19.2 Å². The van der Waals surface area contributed by atoms with E-state index < -0.39 is 6.04 Å². The summed E-state index contributed by atoms with van der Waals surface area (Å²) in [6.07, 6.45) is 3.93. The van der Waals surface area contributed by atoms with Crippen LogP contribution in [0.3, 0.4) is 0 Å². The fourth-order valence-corrected chi connectivity index (χ4v) is 4.68. The smallest absolute Gasteiger partial charge is 0.257 e. The predicted octanol–water partition coefficient (Wildman–Crippen LogP) is 3.29. The van der Waals surface area contributed by atoms with Gasteiger partial charge in [-0.05, 0) is 42.7 Å². The van der Waals surface area contributed by atoms with Gasteiger partial charge in [0, 0.05) is 18.7 Å². The summed E-state index contributed by atoms with van der Waals surface area (Å²) in [5, 5.41) is 2.67. The summed E-state index contributed by atoms with van der Waals surface area (Å²) in [6, 6.07) is 15.2. The van der Waals surface area contributed by atoms with Crippen molar-refractivity contribution in [2.75, 3.05) is 10.2 Å². The van der Waals surface area contributed by atoms with Crippen LogP contribution >= 0.6 is 0 Å². The molecule has 2 aromatic rings. The van der Waals surface area contributed by atoms with Gasteiger partial charge in [-0.1, -0.05) is 43.2 Å². The Morgan fingerprint density at radius 1 is 1.00 bits per heavy atom. The zero-order valence-electron chi connectivity index (χ0n) is 18.1. The Bertz CT molecular complexity index is 1010. The summed E-state index contributed by atoms with van der Waals surface area (Å²) in [5.74, 6) is -0.995. The second-order valence-corrected chi connectivity index (χ2v) is 8.42. The first-order valence-electron chi connectivity index (χ1n) is 11.0. The maximum atomic E-state index is 13.4. The summed E-state index contributed by atoms with van der Waals surface area (Å²) in [7, 11) is 0. The van der Waals surface area contributed by atoms with Gasteiger partial charge in [-0.15, -0.1) is 0 Å². The highest BCUT2D eigenvalue weighted by Gasteiger charge is 2.46. The van der Waals surface area contributed by atoms with Gasteiger partial charge < -0.3 is 10.2 Å². The molecular formula is C25H27N3O4. The fourth-order valence-electron chi connectivity index (χ4n) is 4.68. The molecule has 0 spiro atoms. The molecule has 1 aliphatic carbocycles. The SMILES string of the molecule is CC(=O)Nc1ccc(N2C(=O)CC(N(C(=O)Cc3ccccc3)C3CCCC3)C2=O)cc1. The molecule has 32 heavy (non-hydrogen) atoms. The molecule has 7 heteroatoms. The zero-order valence-corrected chi connectivity index (χ0v) is 18.1. The summed E-state index contributed by atoms with van der Waals surface area (Å²) in [4.78, 5) is 53.6. The normalized spacial score (nSPS) is 18.8. The van der Waals surface area contributed by atoms with Gasteiger partial charge in [-0.25, -0.2) is 4.90 Å². The van der Waals surface area contributed by atoms with Crippen molar-refractivity contribution in [1.82, 2.24) is 4.90 Å². The number of carbonyl (C=O) groups is 4. The van der Waals surface area contributed by atoms with Crippen LogP contribution in [0.1, 0.15) is 44.6 Å². The van der Waals surface area contributed by atoms with E-state index in [-0.39, 0.29) is 42.5 Å². The minimum atomic E-state index is -0.781. The van der Waals surface area contributed by atoms with Crippen molar-refractivity contribution in [3.05, 3.63) is 60.2 Å². The molecule has 1 unspecified atom stereocenters. The van der Waals surface area contributed by atoms with E-state index in [9.17, 15) is 19.2 Å². The fraction of sp³-hybridized carbons (Fsp3) is 0.360. The Hall–Kier alpha value is -3.48. The molecule has 166 valence electrons. The molecule has 0 radical (unpaired) electrons. The molecule has 2 fully saturated rings. The predicted molar refractivity (Wildman–Crippen MR) is 121 cm³/mol. The summed E-state index contributed by atoms with van der Waals surface area (Å²) in [5.41, 5.74) is 1.92. The van der Waals surface area contributed by atoms with Gasteiger partial charge in [0.2, 0.25) is 17.7 Å². The molecule has 1 saturated carbocycles. The quantitative estimate of drug-likeness (QED) is 0.709. The first-order valence-corrected chi connectivity index (χ1v) is 11.0. The number of imide groups is 1. The van der Waals surface area contributed by atoms with Crippen molar-refractivity contribution in [3.8, 4) is 0 Å². The molecule has 0 bridgehead atoms. The number of nitrogens with zero attached hydrogens (tertiary/aromatic N) is 2. The second kappa shape index (κ2) is 9.34. The molecule has 1 N–H and O–H groups in total. The lowest BCUT2D eigenvalue weighted by Gasteiger charge is -2.33. The Labute approximate surface area is 187 Å². The van der Waals surface area contributed by atoms with E-state index in [1.165, 1.54) is 11.8 Å². The zero-order chi connectivity index (χ0) is 22.7. The van der Waals surface area contributed by atoms with Crippen LogP contribution in [0.15, 0.2) is 54.6 Å². The van der Waals surface area contributed by atoms with Gasteiger partial charge in [0.05, 0.1) is 18.5 Å². The van der Waals surface area contributed by atoms with Crippen LogP contribution in [-0.2, 0) is 25.6 Å². The average molecular weight is 434 g/mol. The number of amides is 4. The number of rotatable bonds is 6. The molecule has 2 aliphatic rings. The average Bonchev–Trinajstić information content (AvgIpc) is 3.38. The Balaban J connectivity index is 1.57. The molecule has 7 nitrogen and oxygen atoms in total. The molecule has 1 saturated heterocycles. The molecule has 1 heterocycles. The van der Waals surface area contributed by atoms with Crippen LogP contribution < -0.4 is 10.2 Å². The summed E-state index contributed by atoms with van der Waals surface area (Å²) in [6.45, 7) is 1.41. The van der Waals surface area contributed by atoms with E-state index in [2.05, 4.69) is 5.32 Å². The number of hydrogen-bond donors (Lipinski definition) is 1. The third-order valence-electron chi connectivity index (χ3n) is 6.11. The van der Waals surface area contributed by atoms with E-state index in [0.717, 1.165) is 31.2 Å². The monoisotopic (exact) mass is 433 g/mol. The lowest BCUT2D eigenvalue weighted by atomic mass is 10.1. The van der Waals surface area contributed by atoms with Crippen LogP contribution in [0.4, 0.5) is 11.4 Å². The van der Waals surface area contributed by atoms with Crippen LogP contribution in [-0.4, -0.2) is 40.6 Å². The van der Waals surface area contributed by atoms with Crippen LogP contribution in [0.2, 0.25) is 0 Å². The van der Waals surface area contributed by atoms with Crippen molar-refractivity contribution >= 4 is 35.0 Å². The van der Waals surface area contributed by atoms with E-state index in [1.807, 2.05) is 30.3 Å².